The molecular weight excluding hydrogens is 253 g/mol. The summed E-state index contributed by atoms with van der Waals surface area (Å²) in [5.74, 6) is 0.133. The minimum atomic E-state index is -4.32. The van der Waals surface area contributed by atoms with Crippen LogP contribution in [0.1, 0.15) is 18.1 Å². The molecule has 1 nitrogen and oxygen atoms in total. The molecule has 0 saturated carbocycles. The molecule has 2 aromatic rings. The van der Waals surface area contributed by atoms with Crippen LogP contribution < -0.4 is 0 Å². The Morgan fingerprint density at radius 2 is 1.63 bits per heavy atom. The van der Waals surface area contributed by atoms with Gasteiger partial charge in [0.1, 0.15) is 5.75 Å². The second-order valence-electron chi connectivity index (χ2n) is 4.27. The molecule has 0 saturated heterocycles. The minimum absolute atomic E-state index is 0.133. The van der Waals surface area contributed by atoms with Crippen molar-refractivity contribution in [2.75, 3.05) is 0 Å². The average molecular weight is 266 g/mol. The fourth-order valence-electron chi connectivity index (χ4n) is 1.99. The number of alkyl halides is 3. The molecular formula is C15H13F3O. The van der Waals surface area contributed by atoms with Crippen molar-refractivity contribution in [1.29, 1.82) is 0 Å². The van der Waals surface area contributed by atoms with Gasteiger partial charge in [0.25, 0.3) is 0 Å². The Labute approximate surface area is 109 Å². The summed E-state index contributed by atoms with van der Waals surface area (Å²) in [7, 11) is 0. The molecule has 4 heteroatoms. The third kappa shape index (κ3) is 2.89. The van der Waals surface area contributed by atoms with E-state index in [-0.39, 0.29) is 5.75 Å². The molecule has 0 aliphatic carbocycles. The summed E-state index contributed by atoms with van der Waals surface area (Å²) in [6.07, 6.45) is -3.81. The molecule has 0 bridgehead atoms. The van der Waals surface area contributed by atoms with Gasteiger partial charge in [-0.2, -0.15) is 13.2 Å². The van der Waals surface area contributed by atoms with Crippen molar-refractivity contribution in [3.8, 4) is 16.9 Å². The van der Waals surface area contributed by atoms with Gasteiger partial charge < -0.3 is 5.11 Å². The number of benzene rings is 2. The molecule has 0 spiro atoms. The Morgan fingerprint density at radius 3 is 2.16 bits per heavy atom. The first kappa shape index (κ1) is 13.5. The summed E-state index contributed by atoms with van der Waals surface area (Å²) >= 11 is 0. The maximum Gasteiger partial charge on any atom is 0.416 e. The predicted molar refractivity (Wildman–Crippen MR) is 67.9 cm³/mol. The largest absolute Gasteiger partial charge is 0.508 e. The van der Waals surface area contributed by atoms with Crippen molar-refractivity contribution >= 4 is 0 Å². The Hall–Kier alpha value is -1.97. The van der Waals surface area contributed by atoms with Gasteiger partial charge >= 0.3 is 6.18 Å². The first-order valence-corrected chi connectivity index (χ1v) is 5.91. The molecule has 100 valence electrons. The number of hydrogen-bond acceptors (Lipinski definition) is 1. The van der Waals surface area contributed by atoms with Crippen LogP contribution in [0.15, 0.2) is 42.5 Å². The van der Waals surface area contributed by atoms with Crippen molar-refractivity contribution in [2.24, 2.45) is 0 Å². The fraction of sp³-hybridized carbons (Fsp3) is 0.200. The standard InChI is InChI=1S/C15H13F3O/c1-2-10-9-12(15(16,17)18)5-8-14(10)11-3-6-13(19)7-4-11/h3-9,19H,2H2,1H3. The van der Waals surface area contributed by atoms with Crippen LogP contribution in [-0.4, -0.2) is 5.11 Å². The predicted octanol–water partition coefficient (Wildman–Crippen LogP) is 4.64. The van der Waals surface area contributed by atoms with Crippen LogP contribution in [0.3, 0.4) is 0 Å². The van der Waals surface area contributed by atoms with E-state index in [0.717, 1.165) is 17.2 Å². The van der Waals surface area contributed by atoms with E-state index >= 15 is 0 Å². The van der Waals surface area contributed by atoms with Gasteiger partial charge in [-0.05, 0) is 47.4 Å². The van der Waals surface area contributed by atoms with Gasteiger partial charge in [-0.25, -0.2) is 0 Å². The highest BCUT2D eigenvalue weighted by Gasteiger charge is 2.30. The molecule has 0 radical (unpaired) electrons. The zero-order chi connectivity index (χ0) is 14.0. The van der Waals surface area contributed by atoms with Crippen molar-refractivity contribution in [3.05, 3.63) is 53.6 Å². The summed E-state index contributed by atoms with van der Waals surface area (Å²) in [5.41, 5.74) is 1.56. The van der Waals surface area contributed by atoms with Crippen LogP contribution in [-0.2, 0) is 12.6 Å². The number of phenolic OH excluding ortho intramolecular Hbond substituents is 1. The number of aromatic hydroxyl groups is 1. The Bertz CT molecular complexity index is 571. The molecule has 0 fully saturated rings. The second kappa shape index (κ2) is 4.96. The maximum absolute atomic E-state index is 12.7. The summed E-state index contributed by atoms with van der Waals surface area (Å²) in [6.45, 7) is 1.82. The lowest BCUT2D eigenvalue weighted by Gasteiger charge is -2.13. The highest BCUT2D eigenvalue weighted by Crippen LogP contribution is 2.34. The second-order valence-corrected chi connectivity index (χ2v) is 4.27. The number of halogens is 3. The zero-order valence-electron chi connectivity index (χ0n) is 10.3. The van der Waals surface area contributed by atoms with E-state index in [2.05, 4.69) is 0 Å². The number of phenols is 1. The van der Waals surface area contributed by atoms with E-state index in [1.807, 2.05) is 6.92 Å². The Balaban J connectivity index is 2.50. The SMILES string of the molecule is CCc1cc(C(F)(F)F)ccc1-c1ccc(O)cc1. The normalized spacial score (nSPS) is 11.6. The van der Waals surface area contributed by atoms with Crippen LogP contribution in [0, 0.1) is 0 Å². The molecule has 0 heterocycles. The monoisotopic (exact) mass is 266 g/mol. The molecule has 0 amide bonds. The summed E-state index contributed by atoms with van der Waals surface area (Å²) in [5, 5.41) is 9.23. The minimum Gasteiger partial charge on any atom is -0.508 e. The summed E-state index contributed by atoms with van der Waals surface area (Å²) in [4.78, 5) is 0. The van der Waals surface area contributed by atoms with Crippen LogP contribution >= 0.6 is 0 Å². The quantitative estimate of drug-likeness (QED) is 0.839. The highest BCUT2D eigenvalue weighted by atomic mass is 19.4. The summed E-state index contributed by atoms with van der Waals surface area (Å²) < 4.78 is 38.0. The van der Waals surface area contributed by atoms with Gasteiger partial charge in [0.15, 0.2) is 0 Å². The molecule has 19 heavy (non-hydrogen) atoms. The average Bonchev–Trinajstić information content (AvgIpc) is 2.38. The van der Waals surface area contributed by atoms with Crippen LogP contribution in [0.5, 0.6) is 5.75 Å². The van der Waals surface area contributed by atoms with Crippen molar-refractivity contribution in [1.82, 2.24) is 0 Å². The van der Waals surface area contributed by atoms with Gasteiger partial charge in [0, 0.05) is 0 Å². The van der Waals surface area contributed by atoms with Gasteiger partial charge in [0.05, 0.1) is 5.56 Å². The molecule has 2 rings (SSSR count). The lowest BCUT2D eigenvalue weighted by molar-refractivity contribution is -0.137. The molecule has 0 aromatic heterocycles. The van der Waals surface area contributed by atoms with Crippen LogP contribution in [0.4, 0.5) is 13.2 Å². The zero-order valence-corrected chi connectivity index (χ0v) is 10.3. The maximum atomic E-state index is 12.7. The van der Waals surface area contributed by atoms with Crippen LogP contribution in [0.2, 0.25) is 0 Å². The van der Waals surface area contributed by atoms with E-state index in [4.69, 9.17) is 0 Å². The number of aryl methyl sites for hydroxylation is 1. The van der Waals surface area contributed by atoms with Gasteiger partial charge in [-0.1, -0.05) is 25.1 Å². The molecule has 0 unspecified atom stereocenters. The van der Waals surface area contributed by atoms with E-state index in [0.29, 0.717) is 12.0 Å². The molecule has 0 aliphatic heterocycles. The van der Waals surface area contributed by atoms with Crippen molar-refractivity contribution in [2.45, 2.75) is 19.5 Å². The van der Waals surface area contributed by atoms with Gasteiger partial charge in [-0.3, -0.25) is 0 Å². The fourth-order valence-corrected chi connectivity index (χ4v) is 1.99. The first-order chi connectivity index (χ1) is 8.91. The lowest BCUT2D eigenvalue weighted by Crippen LogP contribution is -2.05. The third-order valence-corrected chi connectivity index (χ3v) is 2.99. The molecule has 2 aromatic carbocycles. The van der Waals surface area contributed by atoms with Crippen molar-refractivity contribution in [3.63, 3.8) is 0 Å². The lowest BCUT2D eigenvalue weighted by atomic mass is 9.96. The molecule has 0 atom stereocenters. The van der Waals surface area contributed by atoms with E-state index in [1.54, 1.807) is 12.1 Å². The smallest absolute Gasteiger partial charge is 0.416 e. The Kier molecular flexibility index (Phi) is 3.51. The first-order valence-electron chi connectivity index (χ1n) is 5.91. The molecule has 0 aliphatic rings. The number of rotatable bonds is 2. The molecule has 1 N–H and O–H groups in total. The van der Waals surface area contributed by atoms with Crippen LogP contribution in [0.25, 0.3) is 11.1 Å². The third-order valence-electron chi connectivity index (χ3n) is 2.99. The van der Waals surface area contributed by atoms with Crippen molar-refractivity contribution < 1.29 is 18.3 Å². The van der Waals surface area contributed by atoms with E-state index in [9.17, 15) is 18.3 Å². The summed E-state index contributed by atoms with van der Waals surface area (Å²) in [6, 6.07) is 10.2. The van der Waals surface area contributed by atoms with Gasteiger partial charge in [-0.15, -0.1) is 0 Å². The van der Waals surface area contributed by atoms with Gasteiger partial charge in [0.2, 0.25) is 0 Å². The topological polar surface area (TPSA) is 20.2 Å². The Morgan fingerprint density at radius 1 is 1.00 bits per heavy atom. The highest BCUT2D eigenvalue weighted by molar-refractivity contribution is 5.68. The van der Waals surface area contributed by atoms with E-state index < -0.39 is 11.7 Å². The number of hydrogen-bond donors (Lipinski definition) is 1. The van der Waals surface area contributed by atoms with E-state index in [1.165, 1.54) is 24.3 Å².